The second-order valence-corrected chi connectivity index (χ2v) is 7.17. The number of benzene rings is 1. The lowest BCUT2D eigenvalue weighted by atomic mass is 10.1. The Morgan fingerprint density at radius 3 is 2.32 bits per heavy atom. The van der Waals surface area contributed by atoms with Gasteiger partial charge in [-0.1, -0.05) is 23.2 Å². The number of sulfonamides is 1. The van der Waals surface area contributed by atoms with Crippen LogP contribution in [0.4, 0.5) is 0 Å². The maximum Gasteiger partial charge on any atom is 0.243 e. The summed E-state index contributed by atoms with van der Waals surface area (Å²) in [5.74, 6) is 0.231. The van der Waals surface area contributed by atoms with Gasteiger partial charge in [0.15, 0.2) is 0 Å². The fourth-order valence-electron chi connectivity index (χ4n) is 2.03. The summed E-state index contributed by atoms with van der Waals surface area (Å²) < 4.78 is 26.2. The normalized spacial score (nSPS) is 20.3. The van der Waals surface area contributed by atoms with Gasteiger partial charge in [-0.2, -0.15) is 4.31 Å². The van der Waals surface area contributed by atoms with Crippen LogP contribution in [0.25, 0.3) is 0 Å². The molecule has 19 heavy (non-hydrogen) atoms. The first-order valence-electron chi connectivity index (χ1n) is 5.60. The van der Waals surface area contributed by atoms with E-state index in [1.165, 1.54) is 22.5 Å². The van der Waals surface area contributed by atoms with Crippen LogP contribution in [-0.4, -0.2) is 32.4 Å². The average Bonchev–Trinajstić information content (AvgIpc) is 2.76. The molecule has 1 saturated heterocycles. The van der Waals surface area contributed by atoms with E-state index in [4.69, 9.17) is 28.9 Å². The minimum absolute atomic E-state index is 0. The van der Waals surface area contributed by atoms with Crippen LogP contribution in [-0.2, 0) is 10.0 Å². The summed E-state index contributed by atoms with van der Waals surface area (Å²) in [7, 11) is -3.52. The third kappa shape index (κ3) is 3.74. The number of hydrogen-bond acceptors (Lipinski definition) is 3. The van der Waals surface area contributed by atoms with Crippen molar-refractivity contribution in [2.75, 3.05) is 19.6 Å². The topological polar surface area (TPSA) is 63.4 Å². The number of nitrogens with zero attached hydrogens (tertiary/aromatic N) is 1. The van der Waals surface area contributed by atoms with E-state index in [9.17, 15) is 8.42 Å². The van der Waals surface area contributed by atoms with Crippen LogP contribution in [0.2, 0.25) is 10.0 Å². The highest BCUT2D eigenvalue weighted by atomic mass is 35.5. The van der Waals surface area contributed by atoms with Gasteiger partial charge in [-0.3, -0.25) is 0 Å². The molecule has 1 heterocycles. The van der Waals surface area contributed by atoms with Crippen molar-refractivity contribution >= 4 is 45.6 Å². The Hall–Kier alpha value is -0.0400. The zero-order valence-corrected chi connectivity index (χ0v) is 13.2. The molecule has 4 nitrogen and oxygen atoms in total. The van der Waals surface area contributed by atoms with Gasteiger partial charge in [-0.25, -0.2) is 8.42 Å². The van der Waals surface area contributed by atoms with E-state index in [-0.39, 0.29) is 23.2 Å². The molecule has 0 aliphatic carbocycles. The lowest BCUT2D eigenvalue weighted by Crippen LogP contribution is -2.30. The molecule has 2 rings (SSSR count). The second-order valence-electron chi connectivity index (χ2n) is 4.36. The van der Waals surface area contributed by atoms with E-state index < -0.39 is 10.0 Å². The summed E-state index contributed by atoms with van der Waals surface area (Å²) in [6.45, 7) is 1.46. The van der Waals surface area contributed by atoms with Crippen molar-refractivity contribution in [1.82, 2.24) is 4.31 Å². The van der Waals surface area contributed by atoms with Gasteiger partial charge >= 0.3 is 0 Å². The molecule has 0 bridgehead atoms. The summed E-state index contributed by atoms with van der Waals surface area (Å²) in [5, 5.41) is 0.631. The van der Waals surface area contributed by atoms with Crippen LogP contribution in [0.5, 0.6) is 0 Å². The Bertz CT molecular complexity index is 531. The summed E-state index contributed by atoms with van der Waals surface area (Å²) in [6.07, 6.45) is 0.796. The molecule has 1 aromatic carbocycles. The Kier molecular flexibility index (Phi) is 5.92. The fourth-order valence-corrected chi connectivity index (χ4v) is 4.29. The number of rotatable bonds is 3. The van der Waals surface area contributed by atoms with Crippen molar-refractivity contribution in [1.29, 1.82) is 0 Å². The summed E-state index contributed by atoms with van der Waals surface area (Å²) >= 11 is 11.7. The lowest BCUT2D eigenvalue weighted by Gasteiger charge is -2.16. The summed E-state index contributed by atoms with van der Waals surface area (Å²) in [6, 6.07) is 4.34. The molecule has 1 aromatic rings. The molecule has 1 atom stereocenters. The van der Waals surface area contributed by atoms with Crippen LogP contribution < -0.4 is 5.73 Å². The summed E-state index contributed by atoms with van der Waals surface area (Å²) in [5.41, 5.74) is 5.56. The SMILES string of the molecule is Cl.NCC1CCN(S(=O)(=O)c2cc(Cl)cc(Cl)c2)C1. The quantitative estimate of drug-likeness (QED) is 0.915. The molecule has 1 fully saturated rings. The minimum Gasteiger partial charge on any atom is -0.330 e. The number of nitrogens with two attached hydrogens (primary N) is 1. The van der Waals surface area contributed by atoms with Gasteiger partial charge in [0, 0.05) is 23.1 Å². The predicted octanol–water partition coefficient (Wildman–Crippen LogP) is 2.38. The number of hydrogen-bond donors (Lipinski definition) is 1. The van der Waals surface area contributed by atoms with Gasteiger partial charge < -0.3 is 5.73 Å². The van der Waals surface area contributed by atoms with Crippen LogP contribution in [0.1, 0.15) is 6.42 Å². The third-order valence-corrected chi connectivity index (χ3v) is 5.34. The minimum atomic E-state index is -3.52. The predicted molar refractivity (Wildman–Crippen MR) is 79.6 cm³/mol. The van der Waals surface area contributed by atoms with Crippen LogP contribution in [0.3, 0.4) is 0 Å². The van der Waals surface area contributed by atoms with E-state index in [0.29, 0.717) is 29.7 Å². The zero-order valence-electron chi connectivity index (χ0n) is 10.1. The Morgan fingerprint density at radius 1 is 1.26 bits per heavy atom. The molecule has 0 saturated carbocycles. The third-order valence-electron chi connectivity index (χ3n) is 3.06. The highest BCUT2D eigenvalue weighted by Gasteiger charge is 2.32. The monoisotopic (exact) mass is 344 g/mol. The molecule has 0 spiro atoms. The molecule has 1 aliphatic heterocycles. The molecule has 2 N–H and O–H groups in total. The molecule has 1 unspecified atom stereocenters. The molecule has 0 amide bonds. The maximum atomic E-state index is 12.4. The van der Waals surface area contributed by atoms with E-state index in [1.54, 1.807) is 0 Å². The molecule has 8 heteroatoms. The molecule has 1 aliphatic rings. The fraction of sp³-hybridized carbons (Fsp3) is 0.455. The van der Waals surface area contributed by atoms with Crippen molar-refractivity contribution in [3.8, 4) is 0 Å². The number of halogens is 3. The van der Waals surface area contributed by atoms with Gasteiger partial charge in [0.25, 0.3) is 0 Å². The lowest BCUT2D eigenvalue weighted by molar-refractivity contribution is 0.459. The molecule has 0 aromatic heterocycles. The molecule has 0 radical (unpaired) electrons. The Morgan fingerprint density at radius 2 is 1.84 bits per heavy atom. The van der Waals surface area contributed by atoms with Crippen molar-refractivity contribution < 1.29 is 8.42 Å². The van der Waals surface area contributed by atoms with Crippen molar-refractivity contribution in [2.24, 2.45) is 11.7 Å². The Balaban J connectivity index is 0.00000180. The maximum absolute atomic E-state index is 12.4. The van der Waals surface area contributed by atoms with Gasteiger partial charge in [-0.15, -0.1) is 12.4 Å². The van der Waals surface area contributed by atoms with Crippen LogP contribution in [0, 0.1) is 5.92 Å². The first-order valence-corrected chi connectivity index (χ1v) is 7.79. The van der Waals surface area contributed by atoms with Crippen molar-refractivity contribution in [2.45, 2.75) is 11.3 Å². The van der Waals surface area contributed by atoms with Crippen molar-refractivity contribution in [3.63, 3.8) is 0 Å². The average molecular weight is 346 g/mol. The molecule has 108 valence electrons. The molecular weight excluding hydrogens is 331 g/mol. The van der Waals surface area contributed by atoms with E-state index in [2.05, 4.69) is 0 Å². The smallest absolute Gasteiger partial charge is 0.243 e. The Labute approximate surface area is 129 Å². The van der Waals surface area contributed by atoms with Crippen LogP contribution >= 0.6 is 35.6 Å². The van der Waals surface area contributed by atoms with Crippen LogP contribution in [0.15, 0.2) is 23.1 Å². The van der Waals surface area contributed by atoms with E-state index in [1.807, 2.05) is 0 Å². The van der Waals surface area contributed by atoms with Gasteiger partial charge in [-0.05, 0) is 37.1 Å². The zero-order chi connectivity index (χ0) is 13.3. The standard InChI is InChI=1S/C11H14Cl2N2O2S.ClH/c12-9-3-10(13)5-11(4-9)18(16,17)15-2-1-8(6-14)7-15;/h3-5,8H,1-2,6-7,14H2;1H. The van der Waals surface area contributed by atoms with Crippen molar-refractivity contribution in [3.05, 3.63) is 28.2 Å². The van der Waals surface area contributed by atoms with Gasteiger partial charge in [0.05, 0.1) is 4.90 Å². The highest BCUT2D eigenvalue weighted by Crippen LogP contribution is 2.28. The highest BCUT2D eigenvalue weighted by molar-refractivity contribution is 7.89. The largest absolute Gasteiger partial charge is 0.330 e. The first-order chi connectivity index (χ1) is 8.43. The summed E-state index contributed by atoms with van der Waals surface area (Å²) in [4.78, 5) is 0.137. The first kappa shape index (κ1) is 17.0. The van der Waals surface area contributed by atoms with Gasteiger partial charge in [0.2, 0.25) is 10.0 Å². The van der Waals surface area contributed by atoms with Gasteiger partial charge in [0.1, 0.15) is 0 Å². The second kappa shape index (κ2) is 6.61. The molecular formula is C11H15Cl3N2O2S. The van der Waals surface area contributed by atoms with E-state index in [0.717, 1.165) is 6.42 Å². The van der Waals surface area contributed by atoms with E-state index >= 15 is 0 Å².